The van der Waals surface area contributed by atoms with E-state index in [4.69, 9.17) is 4.42 Å². The summed E-state index contributed by atoms with van der Waals surface area (Å²) in [4.78, 5) is 4.24. The van der Waals surface area contributed by atoms with E-state index in [0.29, 0.717) is 11.0 Å². The number of oxazole rings is 1. The number of nitriles is 1. The molecule has 2 rings (SSSR count). The molecule has 1 atom stereocenters. The van der Waals surface area contributed by atoms with Crippen molar-refractivity contribution in [2.24, 2.45) is 0 Å². The molecule has 19 heavy (non-hydrogen) atoms. The zero-order valence-corrected chi connectivity index (χ0v) is 11.7. The molecule has 1 aromatic heterocycles. The largest absolute Gasteiger partial charge is 0.440 e. The lowest BCUT2D eigenvalue weighted by Crippen LogP contribution is -2.41. The van der Waals surface area contributed by atoms with Crippen molar-refractivity contribution in [3.8, 4) is 6.07 Å². The van der Waals surface area contributed by atoms with Crippen molar-refractivity contribution in [3.05, 3.63) is 47.9 Å². The van der Waals surface area contributed by atoms with Gasteiger partial charge in [-0.15, -0.1) is 0 Å². The summed E-state index contributed by atoms with van der Waals surface area (Å²) in [6.07, 6.45) is 1.61. The van der Waals surface area contributed by atoms with Crippen LogP contribution in [0.4, 0.5) is 0 Å². The van der Waals surface area contributed by atoms with Gasteiger partial charge in [-0.2, -0.15) is 5.26 Å². The molecular formula is C14H15N3OS. The highest BCUT2D eigenvalue weighted by Crippen LogP contribution is 2.28. The Hall–Kier alpha value is -1.77. The van der Waals surface area contributed by atoms with Gasteiger partial charge in [-0.05, 0) is 19.5 Å². The highest BCUT2D eigenvalue weighted by atomic mass is 32.2. The standard InChI is InChI=1S/C14H15N3OS/c1-11-8-18-13(17-11)19-10-14(9-15,16-2)12-6-4-3-5-7-12/h3-8,16H,10H2,1-2H3. The maximum absolute atomic E-state index is 9.54. The zero-order valence-electron chi connectivity index (χ0n) is 10.9. The third-order valence-corrected chi connectivity index (χ3v) is 3.91. The van der Waals surface area contributed by atoms with Crippen LogP contribution in [0, 0.1) is 18.3 Å². The Morgan fingerprint density at radius 2 is 2.16 bits per heavy atom. The summed E-state index contributed by atoms with van der Waals surface area (Å²) in [5.74, 6) is 0.532. The number of nitrogens with zero attached hydrogens (tertiary/aromatic N) is 2. The molecule has 1 heterocycles. The van der Waals surface area contributed by atoms with Gasteiger partial charge in [0.05, 0.1) is 11.8 Å². The van der Waals surface area contributed by atoms with Crippen LogP contribution < -0.4 is 5.32 Å². The average molecular weight is 273 g/mol. The highest BCUT2D eigenvalue weighted by molar-refractivity contribution is 7.99. The first kappa shape index (κ1) is 13.7. The third-order valence-electron chi connectivity index (χ3n) is 2.89. The average Bonchev–Trinajstić information content (AvgIpc) is 2.88. The molecule has 0 fully saturated rings. The summed E-state index contributed by atoms with van der Waals surface area (Å²) < 4.78 is 5.30. The van der Waals surface area contributed by atoms with Crippen molar-refractivity contribution in [2.75, 3.05) is 12.8 Å². The molecular weight excluding hydrogens is 258 g/mol. The van der Waals surface area contributed by atoms with E-state index >= 15 is 0 Å². The molecule has 5 heteroatoms. The van der Waals surface area contributed by atoms with E-state index in [2.05, 4.69) is 16.4 Å². The van der Waals surface area contributed by atoms with E-state index in [9.17, 15) is 5.26 Å². The number of hydrogen-bond acceptors (Lipinski definition) is 5. The minimum atomic E-state index is -0.742. The normalized spacial score (nSPS) is 13.7. The number of benzene rings is 1. The fourth-order valence-electron chi connectivity index (χ4n) is 1.74. The predicted octanol–water partition coefficient (Wildman–Crippen LogP) is 2.71. The van der Waals surface area contributed by atoms with E-state index in [0.717, 1.165) is 11.3 Å². The van der Waals surface area contributed by atoms with Gasteiger partial charge in [-0.25, -0.2) is 4.98 Å². The van der Waals surface area contributed by atoms with Crippen LogP contribution in [0.15, 0.2) is 46.2 Å². The minimum Gasteiger partial charge on any atom is -0.440 e. The molecule has 1 N–H and O–H groups in total. The Bertz CT molecular complexity index is 576. The van der Waals surface area contributed by atoms with Crippen LogP contribution in [-0.4, -0.2) is 17.8 Å². The van der Waals surface area contributed by atoms with E-state index in [1.807, 2.05) is 37.3 Å². The molecule has 0 spiro atoms. The summed E-state index contributed by atoms with van der Waals surface area (Å²) in [5, 5.41) is 13.2. The highest BCUT2D eigenvalue weighted by Gasteiger charge is 2.31. The van der Waals surface area contributed by atoms with E-state index in [1.54, 1.807) is 13.3 Å². The first-order valence-corrected chi connectivity index (χ1v) is 6.89. The quantitative estimate of drug-likeness (QED) is 0.849. The molecule has 0 aliphatic heterocycles. The van der Waals surface area contributed by atoms with Gasteiger partial charge in [0, 0.05) is 5.75 Å². The number of nitrogens with one attached hydrogen (secondary N) is 1. The predicted molar refractivity (Wildman–Crippen MR) is 74.8 cm³/mol. The Kier molecular flexibility index (Phi) is 4.25. The lowest BCUT2D eigenvalue weighted by molar-refractivity contribution is 0.450. The van der Waals surface area contributed by atoms with Crippen LogP contribution >= 0.6 is 11.8 Å². The van der Waals surface area contributed by atoms with Gasteiger partial charge in [-0.1, -0.05) is 42.1 Å². The molecule has 0 saturated heterocycles. The molecule has 0 amide bonds. The number of hydrogen-bond donors (Lipinski definition) is 1. The summed E-state index contributed by atoms with van der Waals surface area (Å²) in [6.45, 7) is 1.88. The van der Waals surface area contributed by atoms with Crippen LogP contribution in [0.3, 0.4) is 0 Å². The maximum Gasteiger partial charge on any atom is 0.255 e. The molecule has 0 aliphatic rings. The van der Waals surface area contributed by atoms with Crippen molar-refractivity contribution >= 4 is 11.8 Å². The van der Waals surface area contributed by atoms with E-state index in [1.165, 1.54) is 11.8 Å². The van der Waals surface area contributed by atoms with Crippen LogP contribution in [0.5, 0.6) is 0 Å². The van der Waals surface area contributed by atoms with Crippen molar-refractivity contribution in [3.63, 3.8) is 0 Å². The molecule has 0 saturated carbocycles. The summed E-state index contributed by atoms with van der Waals surface area (Å²) in [5.41, 5.74) is 1.04. The summed E-state index contributed by atoms with van der Waals surface area (Å²) in [7, 11) is 1.79. The molecule has 4 nitrogen and oxygen atoms in total. The Morgan fingerprint density at radius 3 is 2.68 bits per heavy atom. The van der Waals surface area contributed by atoms with Gasteiger partial charge in [0.25, 0.3) is 5.22 Å². The molecule has 98 valence electrons. The summed E-state index contributed by atoms with van der Waals surface area (Å²) in [6, 6.07) is 12.0. The number of rotatable bonds is 5. The van der Waals surface area contributed by atoms with Crippen molar-refractivity contribution < 1.29 is 4.42 Å². The fourth-order valence-corrected chi connectivity index (χ4v) is 2.78. The van der Waals surface area contributed by atoms with Gasteiger partial charge in [0.2, 0.25) is 0 Å². The Labute approximate surface area is 116 Å². The van der Waals surface area contributed by atoms with Gasteiger partial charge in [-0.3, -0.25) is 5.32 Å². The smallest absolute Gasteiger partial charge is 0.255 e. The second-order valence-electron chi connectivity index (χ2n) is 4.18. The van der Waals surface area contributed by atoms with Crippen molar-refractivity contribution in [2.45, 2.75) is 17.7 Å². The molecule has 1 unspecified atom stereocenters. The van der Waals surface area contributed by atoms with Crippen molar-refractivity contribution in [1.82, 2.24) is 10.3 Å². The molecule has 2 aromatic rings. The Balaban J connectivity index is 2.19. The second kappa shape index (κ2) is 5.91. The van der Waals surface area contributed by atoms with Gasteiger partial charge < -0.3 is 4.42 Å². The first-order chi connectivity index (χ1) is 9.20. The lowest BCUT2D eigenvalue weighted by Gasteiger charge is -2.25. The number of aromatic nitrogens is 1. The van der Waals surface area contributed by atoms with Crippen LogP contribution in [-0.2, 0) is 5.54 Å². The first-order valence-electron chi connectivity index (χ1n) is 5.91. The summed E-state index contributed by atoms with van der Waals surface area (Å²) >= 11 is 1.43. The maximum atomic E-state index is 9.54. The molecule has 0 radical (unpaired) electrons. The van der Waals surface area contributed by atoms with Crippen LogP contribution in [0.1, 0.15) is 11.3 Å². The molecule has 1 aromatic carbocycles. The minimum absolute atomic E-state index is 0.532. The lowest BCUT2D eigenvalue weighted by atomic mass is 9.94. The Morgan fingerprint density at radius 1 is 1.42 bits per heavy atom. The van der Waals surface area contributed by atoms with E-state index < -0.39 is 5.54 Å². The van der Waals surface area contributed by atoms with E-state index in [-0.39, 0.29) is 0 Å². The second-order valence-corrected chi connectivity index (χ2v) is 5.10. The third kappa shape index (κ3) is 2.98. The zero-order chi connectivity index (χ0) is 13.7. The van der Waals surface area contributed by atoms with Crippen molar-refractivity contribution in [1.29, 1.82) is 5.26 Å². The molecule has 0 aliphatic carbocycles. The van der Waals surface area contributed by atoms with Crippen LogP contribution in [0.2, 0.25) is 0 Å². The molecule has 0 bridgehead atoms. The van der Waals surface area contributed by atoms with Gasteiger partial charge >= 0.3 is 0 Å². The monoisotopic (exact) mass is 273 g/mol. The number of aryl methyl sites for hydroxylation is 1. The number of thioether (sulfide) groups is 1. The fraction of sp³-hybridized carbons (Fsp3) is 0.286. The topological polar surface area (TPSA) is 61.9 Å². The SMILES string of the molecule is CNC(C#N)(CSc1nc(C)co1)c1ccccc1. The van der Waals surface area contributed by atoms with Gasteiger partial charge in [0.1, 0.15) is 11.8 Å². The van der Waals surface area contributed by atoms with Crippen LogP contribution in [0.25, 0.3) is 0 Å². The van der Waals surface area contributed by atoms with Gasteiger partial charge in [0.15, 0.2) is 0 Å².